The van der Waals surface area contributed by atoms with Crippen molar-refractivity contribution in [2.24, 2.45) is 0 Å². The summed E-state index contributed by atoms with van der Waals surface area (Å²) in [5.41, 5.74) is 4.65. The molecule has 0 unspecified atom stereocenters. The van der Waals surface area contributed by atoms with Gasteiger partial charge >= 0.3 is 0 Å². The van der Waals surface area contributed by atoms with Crippen LogP contribution in [0.1, 0.15) is 26.7 Å². The molecule has 6 aromatic rings. The Balaban J connectivity index is 0.000000200. The summed E-state index contributed by atoms with van der Waals surface area (Å²) in [5.74, 6) is -1.55. The van der Waals surface area contributed by atoms with Crippen LogP contribution in [0, 0.1) is 17.9 Å². The molecule has 0 bridgehead atoms. The average Bonchev–Trinajstić information content (AvgIpc) is 3.32. The SMILES string of the molecule is C[Si](C)(C)c1ccc(-c2[c-]cccc2)nc1.[2H]C(C)(C)c1cc(-c2[c-]ccc3c2oc2ncccc23)ncc1F.[Ir]. The summed E-state index contributed by atoms with van der Waals surface area (Å²) in [6, 6.07) is 27.6. The van der Waals surface area contributed by atoms with Gasteiger partial charge in [0, 0.05) is 39.3 Å². The fourth-order valence-electron chi connectivity index (χ4n) is 4.27. The van der Waals surface area contributed by atoms with Crippen molar-refractivity contribution in [2.75, 3.05) is 0 Å². The summed E-state index contributed by atoms with van der Waals surface area (Å²) in [6.07, 6.45) is 4.84. The van der Waals surface area contributed by atoms with Gasteiger partial charge in [-0.1, -0.05) is 62.6 Å². The number of aromatic nitrogens is 3. The predicted octanol–water partition coefficient (Wildman–Crippen LogP) is 8.20. The van der Waals surface area contributed by atoms with Crippen molar-refractivity contribution in [1.82, 2.24) is 15.0 Å². The number of nitrogens with zero attached hydrogens (tertiary/aromatic N) is 3. The molecule has 0 spiro atoms. The third kappa shape index (κ3) is 6.28. The summed E-state index contributed by atoms with van der Waals surface area (Å²) in [6.45, 7) is 10.3. The van der Waals surface area contributed by atoms with Crippen molar-refractivity contribution >= 4 is 35.3 Å². The molecule has 4 nitrogen and oxygen atoms in total. The maximum atomic E-state index is 14.0. The van der Waals surface area contributed by atoms with Gasteiger partial charge < -0.3 is 14.4 Å². The smallest absolute Gasteiger partial charge is 0.216 e. The zero-order valence-corrected chi connectivity index (χ0v) is 26.4. The van der Waals surface area contributed by atoms with Crippen molar-refractivity contribution < 1.29 is 30.3 Å². The molecular formula is C33H30FIrN3OSi-2. The standard InChI is InChI=1S/C19H14FN2O.C14H16NSi.Ir/c1-11(2)15-9-17(22-10-16(15)20)14-6-3-5-12-13-7-4-8-21-19(13)23-18(12)14;1-16(2,3)13-9-10-14(15-11-13)12-7-5-4-6-8-12;/h3-5,7-11H,1-2H3;4-7,9-11H,1-3H3;/q2*-1;/i11D;;. The zero-order valence-electron chi connectivity index (χ0n) is 24.0. The minimum Gasteiger partial charge on any atom is -0.486 e. The molecule has 0 saturated heterocycles. The van der Waals surface area contributed by atoms with Gasteiger partial charge in [-0.05, 0) is 40.2 Å². The first-order valence-electron chi connectivity index (χ1n) is 13.3. The summed E-state index contributed by atoms with van der Waals surface area (Å²) < 4.78 is 28.0. The third-order valence-electron chi connectivity index (χ3n) is 6.47. The van der Waals surface area contributed by atoms with E-state index in [4.69, 9.17) is 5.79 Å². The van der Waals surface area contributed by atoms with Crippen LogP contribution in [0.5, 0.6) is 0 Å². The Morgan fingerprint density at radius 3 is 2.35 bits per heavy atom. The van der Waals surface area contributed by atoms with Crippen LogP contribution in [-0.2, 0) is 20.1 Å². The van der Waals surface area contributed by atoms with E-state index in [1.807, 2.05) is 48.7 Å². The Bertz CT molecular complexity index is 1780. The Labute approximate surface area is 250 Å². The molecule has 7 heteroatoms. The second-order valence-corrected chi connectivity index (χ2v) is 15.6. The van der Waals surface area contributed by atoms with Gasteiger partial charge in [0.25, 0.3) is 0 Å². The van der Waals surface area contributed by atoms with E-state index in [1.54, 1.807) is 32.2 Å². The molecule has 0 amide bonds. The summed E-state index contributed by atoms with van der Waals surface area (Å²) in [5, 5.41) is 3.21. The van der Waals surface area contributed by atoms with Gasteiger partial charge in [-0.15, -0.1) is 54.1 Å². The van der Waals surface area contributed by atoms with E-state index in [9.17, 15) is 4.39 Å². The Kier molecular flexibility index (Phi) is 8.65. The minimum atomic E-state index is -1.23. The van der Waals surface area contributed by atoms with Crippen LogP contribution < -0.4 is 5.19 Å². The normalized spacial score (nSPS) is 11.9. The molecule has 4 heterocycles. The number of benzene rings is 2. The molecule has 0 aliphatic heterocycles. The van der Waals surface area contributed by atoms with Crippen LogP contribution in [0.2, 0.25) is 19.6 Å². The maximum absolute atomic E-state index is 14.0. The molecular weight excluding hydrogens is 694 g/mol. The maximum Gasteiger partial charge on any atom is 0.216 e. The molecule has 0 aliphatic rings. The summed E-state index contributed by atoms with van der Waals surface area (Å²) >= 11 is 0. The zero-order chi connectivity index (χ0) is 28.5. The van der Waals surface area contributed by atoms with E-state index in [0.29, 0.717) is 22.6 Å². The van der Waals surface area contributed by atoms with Crippen LogP contribution in [-0.4, -0.2) is 23.0 Å². The summed E-state index contributed by atoms with van der Waals surface area (Å²) in [4.78, 5) is 12.9. The van der Waals surface area contributed by atoms with E-state index in [2.05, 4.69) is 58.9 Å². The quantitative estimate of drug-likeness (QED) is 0.136. The van der Waals surface area contributed by atoms with Crippen molar-refractivity contribution in [1.29, 1.82) is 0 Å². The fraction of sp³-hybridized carbons (Fsp3) is 0.182. The number of pyridine rings is 3. The fourth-order valence-corrected chi connectivity index (χ4v) is 5.31. The first-order chi connectivity index (χ1) is 19.0. The van der Waals surface area contributed by atoms with Gasteiger partial charge in [0.05, 0.1) is 19.9 Å². The Morgan fingerprint density at radius 2 is 1.68 bits per heavy atom. The van der Waals surface area contributed by atoms with Crippen LogP contribution in [0.15, 0.2) is 89.7 Å². The second-order valence-electron chi connectivity index (χ2n) is 10.6. The van der Waals surface area contributed by atoms with Crippen LogP contribution in [0.25, 0.3) is 44.6 Å². The molecule has 0 aliphatic carbocycles. The number of hydrogen-bond acceptors (Lipinski definition) is 4. The van der Waals surface area contributed by atoms with Gasteiger partial charge in [0.1, 0.15) is 5.82 Å². The van der Waals surface area contributed by atoms with Crippen molar-refractivity contribution in [3.63, 3.8) is 0 Å². The second kappa shape index (κ2) is 12.3. The molecule has 0 atom stereocenters. The molecule has 6 rings (SSSR count). The molecule has 2 aromatic carbocycles. The monoisotopic (exact) mass is 725 g/mol. The molecule has 0 fully saturated rings. The van der Waals surface area contributed by atoms with Crippen molar-refractivity contribution in [2.45, 2.75) is 39.4 Å². The number of rotatable bonds is 4. The Morgan fingerprint density at radius 1 is 0.875 bits per heavy atom. The van der Waals surface area contributed by atoms with E-state index < -0.39 is 19.8 Å². The van der Waals surface area contributed by atoms with Crippen LogP contribution >= 0.6 is 0 Å². The largest absolute Gasteiger partial charge is 0.486 e. The predicted molar refractivity (Wildman–Crippen MR) is 159 cm³/mol. The van der Waals surface area contributed by atoms with Gasteiger partial charge in [-0.3, -0.25) is 0 Å². The van der Waals surface area contributed by atoms with Gasteiger partial charge in [-0.2, -0.15) is 0 Å². The number of furan rings is 1. The van der Waals surface area contributed by atoms with E-state index in [0.717, 1.165) is 28.2 Å². The third-order valence-corrected chi connectivity index (χ3v) is 8.50. The average molecular weight is 725 g/mol. The molecule has 1 radical (unpaired) electrons. The molecule has 0 saturated carbocycles. The van der Waals surface area contributed by atoms with Crippen molar-refractivity contribution in [3.8, 4) is 22.5 Å². The number of halogens is 1. The molecule has 0 N–H and O–H groups in total. The number of hydrogen-bond donors (Lipinski definition) is 0. The molecule has 205 valence electrons. The molecule has 40 heavy (non-hydrogen) atoms. The first-order valence-corrected chi connectivity index (χ1v) is 16.3. The minimum absolute atomic E-state index is 0. The van der Waals surface area contributed by atoms with Crippen molar-refractivity contribution in [3.05, 3.63) is 109 Å². The number of fused-ring (bicyclic) bond motifs is 3. The summed E-state index contributed by atoms with van der Waals surface area (Å²) in [7, 11) is -1.23. The first kappa shape index (κ1) is 28.0. The van der Waals surface area contributed by atoms with Crippen LogP contribution in [0.3, 0.4) is 0 Å². The van der Waals surface area contributed by atoms with Gasteiger partial charge in [0.15, 0.2) is 0 Å². The van der Waals surface area contributed by atoms with E-state index in [1.165, 1.54) is 5.19 Å². The topological polar surface area (TPSA) is 51.8 Å². The van der Waals surface area contributed by atoms with E-state index >= 15 is 0 Å². The van der Waals surface area contributed by atoms with Gasteiger partial charge in [-0.25, -0.2) is 9.37 Å². The Hall–Kier alpha value is -3.51. The van der Waals surface area contributed by atoms with Crippen LogP contribution in [0.4, 0.5) is 4.39 Å². The molecule has 4 aromatic heterocycles. The van der Waals surface area contributed by atoms with Gasteiger partial charge in [0.2, 0.25) is 5.71 Å². The van der Waals surface area contributed by atoms with E-state index in [-0.39, 0.29) is 25.7 Å².